The first-order valence-corrected chi connectivity index (χ1v) is 10.8. The standard InChI is InChI=1S/C27H32O/c1-19(2)28-25-15-13-22(14-16-25)24-12-11-21(18-24)17-20(3)26-10-6-8-23-7-4-5-9-27(23)26/h4-10,13-16,19-21,24H,11-12,17-18H2,1-3H3/t20-,21+,24+/m0/s1. The Morgan fingerprint density at radius 3 is 2.39 bits per heavy atom. The molecule has 3 aromatic rings. The predicted octanol–water partition coefficient (Wildman–Crippen LogP) is 7.70. The molecule has 1 fully saturated rings. The second-order valence-electron chi connectivity index (χ2n) is 8.82. The van der Waals surface area contributed by atoms with Crippen molar-refractivity contribution in [3.8, 4) is 5.75 Å². The zero-order valence-electron chi connectivity index (χ0n) is 17.4. The van der Waals surface area contributed by atoms with Crippen LogP contribution < -0.4 is 4.74 Å². The Morgan fingerprint density at radius 1 is 0.857 bits per heavy atom. The van der Waals surface area contributed by atoms with Gasteiger partial charge in [0.1, 0.15) is 5.75 Å². The lowest BCUT2D eigenvalue weighted by Crippen LogP contribution is -2.05. The van der Waals surface area contributed by atoms with Gasteiger partial charge >= 0.3 is 0 Å². The third-order valence-electron chi connectivity index (χ3n) is 6.31. The molecular formula is C27H32O. The van der Waals surface area contributed by atoms with Crippen LogP contribution in [-0.4, -0.2) is 6.10 Å². The molecule has 1 nitrogen and oxygen atoms in total. The molecular weight excluding hydrogens is 340 g/mol. The van der Waals surface area contributed by atoms with Crippen LogP contribution in [-0.2, 0) is 0 Å². The van der Waals surface area contributed by atoms with Gasteiger partial charge in [0, 0.05) is 0 Å². The smallest absolute Gasteiger partial charge is 0.119 e. The second kappa shape index (κ2) is 8.39. The van der Waals surface area contributed by atoms with Gasteiger partial charge in [0.2, 0.25) is 0 Å². The average Bonchev–Trinajstić information content (AvgIpc) is 3.16. The van der Waals surface area contributed by atoms with Crippen molar-refractivity contribution >= 4 is 10.8 Å². The van der Waals surface area contributed by atoms with E-state index >= 15 is 0 Å². The molecule has 4 rings (SSSR count). The Bertz CT molecular complexity index is 904. The molecule has 0 aromatic heterocycles. The van der Waals surface area contributed by atoms with Crippen molar-refractivity contribution in [2.24, 2.45) is 5.92 Å². The first kappa shape index (κ1) is 19.1. The molecule has 0 radical (unpaired) electrons. The largest absolute Gasteiger partial charge is 0.491 e. The molecule has 0 unspecified atom stereocenters. The molecule has 0 saturated heterocycles. The van der Waals surface area contributed by atoms with Crippen molar-refractivity contribution in [1.82, 2.24) is 0 Å². The third kappa shape index (κ3) is 4.24. The molecule has 0 amide bonds. The Hall–Kier alpha value is -2.28. The first-order chi connectivity index (χ1) is 13.6. The fourth-order valence-electron chi connectivity index (χ4n) is 4.99. The number of hydrogen-bond donors (Lipinski definition) is 0. The molecule has 1 aliphatic rings. The van der Waals surface area contributed by atoms with E-state index in [4.69, 9.17) is 4.74 Å². The zero-order chi connectivity index (χ0) is 19.5. The Labute approximate surface area is 169 Å². The van der Waals surface area contributed by atoms with Crippen LogP contribution in [0.3, 0.4) is 0 Å². The highest BCUT2D eigenvalue weighted by Crippen LogP contribution is 2.43. The maximum absolute atomic E-state index is 5.79. The van der Waals surface area contributed by atoms with Crippen LogP contribution >= 0.6 is 0 Å². The van der Waals surface area contributed by atoms with E-state index in [1.54, 1.807) is 0 Å². The first-order valence-electron chi connectivity index (χ1n) is 10.8. The van der Waals surface area contributed by atoms with Crippen LogP contribution in [0.1, 0.15) is 69.4 Å². The minimum absolute atomic E-state index is 0.234. The summed E-state index contributed by atoms with van der Waals surface area (Å²) in [5.74, 6) is 3.12. The molecule has 146 valence electrons. The van der Waals surface area contributed by atoms with Gasteiger partial charge in [-0.05, 0) is 91.3 Å². The Balaban J connectivity index is 1.40. The van der Waals surface area contributed by atoms with Gasteiger partial charge in [-0.1, -0.05) is 61.5 Å². The molecule has 1 saturated carbocycles. The molecule has 3 atom stereocenters. The van der Waals surface area contributed by atoms with Crippen LogP contribution in [0.15, 0.2) is 66.7 Å². The van der Waals surface area contributed by atoms with Gasteiger partial charge in [-0.25, -0.2) is 0 Å². The highest BCUT2D eigenvalue weighted by atomic mass is 16.5. The molecule has 0 spiro atoms. The van der Waals surface area contributed by atoms with E-state index < -0.39 is 0 Å². The lowest BCUT2D eigenvalue weighted by Gasteiger charge is -2.19. The second-order valence-corrected chi connectivity index (χ2v) is 8.82. The summed E-state index contributed by atoms with van der Waals surface area (Å²) < 4.78 is 5.79. The molecule has 3 aromatic carbocycles. The molecule has 0 bridgehead atoms. The van der Waals surface area contributed by atoms with Crippen molar-refractivity contribution in [3.05, 3.63) is 77.9 Å². The predicted molar refractivity (Wildman–Crippen MR) is 119 cm³/mol. The quantitative estimate of drug-likeness (QED) is 0.430. The lowest BCUT2D eigenvalue weighted by molar-refractivity contribution is 0.242. The number of hydrogen-bond acceptors (Lipinski definition) is 1. The van der Waals surface area contributed by atoms with E-state index in [1.807, 2.05) is 0 Å². The molecule has 0 aliphatic heterocycles. The summed E-state index contributed by atoms with van der Waals surface area (Å²) in [6, 6.07) is 24.4. The summed E-state index contributed by atoms with van der Waals surface area (Å²) in [6.07, 6.45) is 5.51. The minimum atomic E-state index is 0.234. The summed E-state index contributed by atoms with van der Waals surface area (Å²) >= 11 is 0. The van der Waals surface area contributed by atoms with Gasteiger partial charge in [0.25, 0.3) is 0 Å². The minimum Gasteiger partial charge on any atom is -0.491 e. The van der Waals surface area contributed by atoms with E-state index in [0.717, 1.165) is 11.7 Å². The van der Waals surface area contributed by atoms with Crippen molar-refractivity contribution in [3.63, 3.8) is 0 Å². The van der Waals surface area contributed by atoms with Crippen LogP contribution in [0.25, 0.3) is 10.8 Å². The van der Waals surface area contributed by atoms with Gasteiger partial charge in [0.15, 0.2) is 0 Å². The van der Waals surface area contributed by atoms with E-state index in [2.05, 4.69) is 87.5 Å². The SMILES string of the molecule is CC(C)Oc1ccc([C@@H]2CC[C@H](C[C@H](C)c3cccc4ccccc34)C2)cc1. The molecule has 0 heterocycles. The Kier molecular flexibility index (Phi) is 5.71. The van der Waals surface area contributed by atoms with Crippen molar-refractivity contribution in [2.45, 2.75) is 64.4 Å². The van der Waals surface area contributed by atoms with Crippen LogP contribution in [0.2, 0.25) is 0 Å². The lowest BCUT2D eigenvalue weighted by atomic mass is 9.86. The van der Waals surface area contributed by atoms with Gasteiger partial charge in [-0.3, -0.25) is 0 Å². The summed E-state index contributed by atoms with van der Waals surface area (Å²) in [4.78, 5) is 0. The van der Waals surface area contributed by atoms with Gasteiger partial charge in [-0.15, -0.1) is 0 Å². The molecule has 28 heavy (non-hydrogen) atoms. The average molecular weight is 373 g/mol. The maximum Gasteiger partial charge on any atom is 0.119 e. The summed E-state index contributed by atoms with van der Waals surface area (Å²) in [5.41, 5.74) is 2.99. The number of ether oxygens (including phenoxy) is 1. The molecule has 0 N–H and O–H groups in total. The fraction of sp³-hybridized carbons (Fsp3) is 0.407. The topological polar surface area (TPSA) is 9.23 Å². The van der Waals surface area contributed by atoms with Crippen LogP contribution in [0, 0.1) is 5.92 Å². The maximum atomic E-state index is 5.79. The molecule has 1 heteroatoms. The third-order valence-corrected chi connectivity index (χ3v) is 6.31. The van der Waals surface area contributed by atoms with E-state index in [0.29, 0.717) is 11.8 Å². The zero-order valence-corrected chi connectivity index (χ0v) is 17.4. The normalized spacial score (nSPS) is 20.6. The van der Waals surface area contributed by atoms with Gasteiger partial charge in [-0.2, -0.15) is 0 Å². The molecule has 1 aliphatic carbocycles. The van der Waals surface area contributed by atoms with Crippen molar-refractivity contribution in [1.29, 1.82) is 0 Å². The monoisotopic (exact) mass is 372 g/mol. The number of fused-ring (bicyclic) bond motifs is 1. The van der Waals surface area contributed by atoms with Crippen LogP contribution in [0.4, 0.5) is 0 Å². The van der Waals surface area contributed by atoms with Crippen LogP contribution in [0.5, 0.6) is 5.75 Å². The summed E-state index contributed by atoms with van der Waals surface area (Å²) in [6.45, 7) is 6.56. The van der Waals surface area contributed by atoms with Crippen molar-refractivity contribution < 1.29 is 4.74 Å². The highest BCUT2D eigenvalue weighted by Gasteiger charge is 2.27. The fourth-order valence-corrected chi connectivity index (χ4v) is 4.99. The van der Waals surface area contributed by atoms with Gasteiger partial charge in [0.05, 0.1) is 6.10 Å². The number of benzene rings is 3. The van der Waals surface area contributed by atoms with E-state index in [1.165, 1.54) is 47.6 Å². The highest BCUT2D eigenvalue weighted by molar-refractivity contribution is 5.86. The van der Waals surface area contributed by atoms with E-state index in [9.17, 15) is 0 Å². The van der Waals surface area contributed by atoms with E-state index in [-0.39, 0.29) is 6.10 Å². The van der Waals surface area contributed by atoms with Gasteiger partial charge < -0.3 is 4.74 Å². The summed E-state index contributed by atoms with van der Waals surface area (Å²) in [7, 11) is 0. The summed E-state index contributed by atoms with van der Waals surface area (Å²) in [5, 5.41) is 2.78. The number of rotatable bonds is 6. The van der Waals surface area contributed by atoms with Crippen molar-refractivity contribution in [2.75, 3.05) is 0 Å². The Morgan fingerprint density at radius 2 is 1.61 bits per heavy atom.